The standard InChI is InChI=1S/C23H29F3O5/c24-23(25,26)17-6-5-7-19(14-17)31-15-18(27)12-10-16-11-13-21(28)20(16)8-3-1-2-4-9-22(29)30/h1,3,5-7,10,12,14,16,18,20-21,27-28H,2,4,8-9,11,13,15H2,(H,29,30). The molecule has 3 N–H and O–H groups in total. The van der Waals surface area contributed by atoms with Crippen molar-refractivity contribution in [2.24, 2.45) is 11.8 Å². The van der Waals surface area contributed by atoms with E-state index in [1.165, 1.54) is 12.1 Å². The number of carboxylic acid groups (broad SMARTS) is 1. The number of aliphatic carboxylic acids is 1. The topological polar surface area (TPSA) is 87.0 Å². The summed E-state index contributed by atoms with van der Waals surface area (Å²) in [4.78, 5) is 10.5. The lowest BCUT2D eigenvalue weighted by atomic mass is 9.90. The first kappa shape index (κ1) is 24.9. The maximum Gasteiger partial charge on any atom is 0.416 e. The lowest BCUT2D eigenvalue weighted by Gasteiger charge is -2.18. The van der Waals surface area contributed by atoms with Gasteiger partial charge in [-0.1, -0.05) is 30.4 Å². The predicted molar refractivity (Wildman–Crippen MR) is 110 cm³/mol. The molecule has 172 valence electrons. The molecule has 0 aromatic heterocycles. The van der Waals surface area contributed by atoms with Crippen molar-refractivity contribution in [3.05, 3.63) is 54.1 Å². The van der Waals surface area contributed by atoms with Crippen LogP contribution in [0, 0.1) is 11.8 Å². The van der Waals surface area contributed by atoms with Crippen LogP contribution in [0.2, 0.25) is 0 Å². The van der Waals surface area contributed by atoms with Crippen LogP contribution in [0.3, 0.4) is 0 Å². The van der Waals surface area contributed by atoms with Gasteiger partial charge in [-0.05, 0) is 62.1 Å². The van der Waals surface area contributed by atoms with Gasteiger partial charge in [0.05, 0.1) is 11.7 Å². The maximum atomic E-state index is 12.7. The number of aliphatic hydroxyl groups is 2. The van der Waals surface area contributed by atoms with Gasteiger partial charge in [0.1, 0.15) is 18.5 Å². The summed E-state index contributed by atoms with van der Waals surface area (Å²) in [6, 6.07) is 4.50. The van der Waals surface area contributed by atoms with Gasteiger partial charge in [-0.2, -0.15) is 13.2 Å². The van der Waals surface area contributed by atoms with Gasteiger partial charge in [0.15, 0.2) is 0 Å². The lowest BCUT2D eigenvalue weighted by Crippen LogP contribution is -2.19. The lowest BCUT2D eigenvalue weighted by molar-refractivity contribution is -0.138. The van der Waals surface area contributed by atoms with Gasteiger partial charge in [0.2, 0.25) is 0 Å². The Morgan fingerprint density at radius 2 is 2.03 bits per heavy atom. The van der Waals surface area contributed by atoms with Crippen LogP contribution in [-0.4, -0.2) is 40.1 Å². The number of hydrogen-bond acceptors (Lipinski definition) is 4. The fourth-order valence-electron chi connectivity index (χ4n) is 3.66. The first-order chi connectivity index (χ1) is 14.7. The molecule has 0 spiro atoms. The van der Waals surface area contributed by atoms with Crippen LogP contribution in [0.5, 0.6) is 5.75 Å². The van der Waals surface area contributed by atoms with Gasteiger partial charge in [-0.3, -0.25) is 4.79 Å². The van der Waals surface area contributed by atoms with Crippen LogP contribution >= 0.6 is 0 Å². The second-order valence-electron chi connectivity index (χ2n) is 7.75. The molecule has 5 nitrogen and oxygen atoms in total. The summed E-state index contributed by atoms with van der Waals surface area (Å²) in [5.74, 6) is -0.713. The molecular formula is C23H29F3O5. The van der Waals surface area contributed by atoms with Crippen molar-refractivity contribution >= 4 is 5.97 Å². The Labute approximate surface area is 179 Å². The van der Waals surface area contributed by atoms with Gasteiger partial charge in [-0.15, -0.1) is 0 Å². The summed E-state index contributed by atoms with van der Waals surface area (Å²) < 4.78 is 43.5. The van der Waals surface area contributed by atoms with Crippen LogP contribution in [0.25, 0.3) is 0 Å². The number of benzene rings is 1. The molecule has 0 bridgehead atoms. The largest absolute Gasteiger partial charge is 0.491 e. The summed E-state index contributed by atoms with van der Waals surface area (Å²) >= 11 is 0. The van der Waals surface area contributed by atoms with E-state index < -0.39 is 29.9 Å². The number of carbonyl (C=O) groups is 1. The quantitative estimate of drug-likeness (QED) is 0.345. The fourth-order valence-corrected chi connectivity index (χ4v) is 3.66. The van der Waals surface area contributed by atoms with E-state index in [1.807, 2.05) is 18.2 Å². The van der Waals surface area contributed by atoms with Gasteiger partial charge in [0.25, 0.3) is 0 Å². The van der Waals surface area contributed by atoms with Crippen molar-refractivity contribution < 1.29 is 38.0 Å². The van der Waals surface area contributed by atoms with Crippen molar-refractivity contribution in [2.75, 3.05) is 6.61 Å². The first-order valence-corrected chi connectivity index (χ1v) is 10.4. The third-order valence-electron chi connectivity index (χ3n) is 5.34. The van der Waals surface area contributed by atoms with E-state index in [-0.39, 0.29) is 30.6 Å². The van der Waals surface area contributed by atoms with Crippen molar-refractivity contribution in [2.45, 2.75) is 56.9 Å². The van der Waals surface area contributed by atoms with Crippen molar-refractivity contribution in [1.29, 1.82) is 0 Å². The summed E-state index contributed by atoms with van der Waals surface area (Å²) in [7, 11) is 0. The minimum atomic E-state index is -4.46. The molecule has 1 aromatic carbocycles. The van der Waals surface area contributed by atoms with E-state index in [2.05, 4.69) is 0 Å². The van der Waals surface area contributed by atoms with E-state index in [9.17, 15) is 28.2 Å². The second kappa shape index (κ2) is 11.9. The molecular weight excluding hydrogens is 413 g/mol. The molecule has 4 atom stereocenters. The van der Waals surface area contributed by atoms with Gasteiger partial charge in [-0.25, -0.2) is 0 Å². The number of ether oxygens (including phenoxy) is 1. The maximum absolute atomic E-state index is 12.7. The van der Waals surface area contributed by atoms with E-state index in [1.54, 1.807) is 6.08 Å². The highest BCUT2D eigenvalue weighted by atomic mass is 19.4. The Morgan fingerprint density at radius 3 is 2.74 bits per heavy atom. The van der Waals surface area contributed by atoms with Crippen LogP contribution < -0.4 is 4.74 Å². The Kier molecular flexibility index (Phi) is 9.58. The van der Waals surface area contributed by atoms with Crippen molar-refractivity contribution in [3.8, 4) is 5.75 Å². The summed E-state index contributed by atoms with van der Waals surface area (Å²) in [5, 5.41) is 29.0. The normalized spacial score (nSPS) is 22.9. The molecule has 1 fully saturated rings. The highest BCUT2D eigenvalue weighted by Crippen LogP contribution is 2.36. The van der Waals surface area contributed by atoms with Crippen LogP contribution in [0.15, 0.2) is 48.6 Å². The average molecular weight is 442 g/mol. The minimum Gasteiger partial charge on any atom is -0.491 e. The molecule has 8 heteroatoms. The van der Waals surface area contributed by atoms with Gasteiger partial charge < -0.3 is 20.1 Å². The zero-order valence-corrected chi connectivity index (χ0v) is 17.2. The monoisotopic (exact) mass is 442 g/mol. The number of alkyl halides is 3. The van der Waals surface area contributed by atoms with E-state index in [0.29, 0.717) is 25.7 Å². The van der Waals surface area contributed by atoms with E-state index >= 15 is 0 Å². The number of halogens is 3. The zero-order valence-electron chi connectivity index (χ0n) is 17.2. The molecule has 1 aliphatic carbocycles. The van der Waals surface area contributed by atoms with E-state index in [4.69, 9.17) is 9.84 Å². The molecule has 1 aromatic rings. The number of hydrogen-bond donors (Lipinski definition) is 3. The van der Waals surface area contributed by atoms with Crippen molar-refractivity contribution in [1.82, 2.24) is 0 Å². The SMILES string of the molecule is O=C(O)CCCC=CCC1C(O)CCC1C=CC(O)COc1cccc(C(F)(F)F)c1. The van der Waals surface area contributed by atoms with Gasteiger partial charge in [0, 0.05) is 6.42 Å². The smallest absolute Gasteiger partial charge is 0.416 e. The second-order valence-corrected chi connectivity index (χ2v) is 7.75. The molecule has 0 amide bonds. The molecule has 2 rings (SSSR count). The van der Waals surface area contributed by atoms with Gasteiger partial charge >= 0.3 is 12.1 Å². The molecule has 0 saturated heterocycles. The van der Waals surface area contributed by atoms with Crippen LogP contribution in [-0.2, 0) is 11.0 Å². The Balaban J connectivity index is 1.81. The predicted octanol–water partition coefficient (Wildman–Crippen LogP) is 4.59. The van der Waals surface area contributed by atoms with Crippen molar-refractivity contribution in [3.63, 3.8) is 0 Å². The minimum absolute atomic E-state index is 0.00330. The summed E-state index contributed by atoms with van der Waals surface area (Å²) in [6.07, 6.45) is 4.82. The summed E-state index contributed by atoms with van der Waals surface area (Å²) in [5.41, 5.74) is -0.811. The molecule has 0 aliphatic heterocycles. The number of aliphatic hydroxyl groups excluding tert-OH is 2. The summed E-state index contributed by atoms with van der Waals surface area (Å²) in [6.45, 7) is -0.179. The Hall–Kier alpha value is -2.32. The Morgan fingerprint density at radius 1 is 1.26 bits per heavy atom. The number of rotatable bonds is 11. The number of carboxylic acids is 1. The average Bonchev–Trinajstić information content (AvgIpc) is 3.06. The number of unbranched alkanes of at least 4 members (excludes halogenated alkanes) is 1. The van der Waals surface area contributed by atoms with Crippen LogP contribution in [0.4, 0.5) is 13.2 Å². The highest BCUT2D eigenvalue weighted by molar-refractivity contribution is 5.66. The van der Waals surface area contributed by atoms with Crippen LogP contribution in [0.1, 0.15) is 44.1 Å². The molecule has 1 saturated carbocycles. The third-order valence-corrected chi connectivity index (χ3v) is 5.34. The molecule has 4 unspecified atom stereocenters. The highest BCUT2D eigenvalue weighted by Gasteiger charge is 2.32. The molecule has 31 heavy (non-hydrogen) atoms. The molecule has 0 heterocycles. The molecule has 0 radical (unpaired) electrons. The fraction of sp³-hybridized carbons (Fsp3) is 0.522. The third kappa shape index (κ3) is 8.75. The zero-order chi connectivity index (χ0) is 22.9. The first-order valence-electron chi connectivity index (χ1n) is 10.4. The van der Waals surface area contributed by atoms with E-state index in [0.717, 1.165) is 18.6 Å². The molecule has 1 aliphatic rings. The number of allylic oxidation sites excluding steroid dienone is 3. The Bertz CT molecular complexity index is 760.